The monoisotopic (exact) mass is 496 g/mol. The number of hydrogen-bond acceptors (Lipinski definition) is 6. The minimum atomic E-state index is -0.526. The maximum absolute atomic E-state index is 12.2. The summed E-state index contributed by atoms with van der Waals surface area (Å²) < 4.78 is 0. The van der Waals surface area contributed by atoms with E-state index >= 15 is 0 Å². The predicted molar refractivity (Wildman–Crippen MR) is 146 cm³/mol. The number of aromatic amines is 1. The van der Waals surface area contributed by atoms with Crippen molar-refractivity contribution in [2.45, 2.75) is 19.5 Å². The second-order valence-electron chi connectivity index (χ2n) is 9.40. The molecule has 2 heterocycles. The Balaban J connectivity index is 1.18. The number of H-pyrrole nitrogens is 1. The van der Waals surface area contributed by atoms with E-state index in [1.807, 2.05) is 12.1 Å². The zero-order chi connectivity index (χ0) is 25.6. The molecule has 0 unspecified atom stereocenters. The van der Waals surface area contributed by atoms with Crippen LogP contribution in [-0.4, -0.2) is 52.3 Å². The quantitative estimate of drug-likeness (QED) is 0.281. The van der Waals surface area contributed by atoms with Gasteiger partial charge in [-0.2, -0.15) is 5.10 Å². The fourth-order valence-electron chi connectivity index (χ4n) is 4.73. The lowest BCUT2D eigenvalue weighted by Gasteiger charge is -2.36. The first-order valence-electron chi connectivity index (χ1n) is 12.5. The molecule has 190 valence electrons. The van der Waals surface area contributed by atoms with E-state index in [-0.39, 0.29) is 5.75 Å². The Morgan fingerprint density at radius 1 is 0.892 bits per heavy atom. The van der Waals surface area contributed by atoms with E-state index in [0.29, 0.717) is 30.0 Å². The van der Waals surface area contributed by atoms with Gasteiger partial charge < -0.3 is 21.1 Å². The van der Waals surface area contributed by atoms with Crippen molar-refractivity contribution in [2.24, 2.45) is 5.73 Å². The van der Waals surface area contributed by atoms with E-state index in [2.05, 4.69) is 79.9 Å². The Morgan fingerprint density at radius 3 is 2.24 bits per heavy atom. The number of nitrogens with zero attached hydrogens (tertiary/aromatic N) is 3. The Hall–Kier alpha value is -4.30. The Morgan fingerprint density at radius 2 is 1.57 bits per heavy atom. The predicted octanol–water partition coefficient (Wildman–Crippen LogP) is 3.74. The van der Waals surface area contributed by atoms with Crippen LogP contribution in [0.2, 0.25) is 0 Å². The van der Waals surface area contributed by atoms with Crippen LogP contribution < -0.4 is 16.0 Å². The summed E-state index contributed by atoms with van der Waals surface area (Å²) >= 11 is 0. The summed E-state index contributed by atoms with van der Waals surface area (Å²) in [5.74, 6) is 0.113. The molecule has 8 heteroatoms. The summed E-state index contributed by atoms with van der Waals surface area (Å²) in [6.07, 6.45) is 0.525. The third kappa shape index (κ3) is 6.10. The van der Waals surface area contributed by atoms with Crippen molar-refractivity contribution in [3.8, 4) is 5.75 Å². The molecule has 1 aliphatic heterocycles. The van der Waals surface area contributed by atoms with Crippen LogP contribution in [0.15, 0.2) is 78.9 Å². The summed E-state index contributed by atoms with van der Waals surface area (Å²) in [6, 6.07) is 26.0. The lowest BCUT2D eigenvalue weighted by atomic mass is 10.1. The van der Waals surface area contributed by atoms with E-state index in [4.69, 9.17) is 5.73 Å². The number of benzene rings is 3. The summed E-state index contributed by atoms with van der Waals surface area (Å²) in [5, 5.41) is 19.9. The molecule has 5 N–H and O–H groups in total. The molecule has 37 heavy (non-hydrogen) atoms. The molecule has 0 saturated carbocycles. The van der Waals surface area contributed by atoms with Gasteiger partial charge in [-0.1, -0.05) is 54.6 Å². The van der Waals surface area contributed by atoms with Crippen LogP contribution in [0, 0.1) is 0 Å². The van der Waals surface area contributed by atoms with Crippen molar-refractivity contribution in [3.63, 3.8) is 0 Å². The van der Waals surface area contributed by atoms with Gasteiger partial charge in [0.15, 0.2) is 5.82 Å². The number of nitrogens with one attached hydrogen (secondary N) is 2. The number of aromatic nitrogens is 2. The molecule has 1 saturated heterocycles. The van der Waals surface area contributed by atoms with E-state index in [9.17, 15) is 9.90 Å². The normalized spacial score (nSPS) is 14.0. The molecule has 1 amide bonds. The third-order valence-electron chi connectivity index (χ3n) is 6.79. The van der Waals surface area contributed by atoms with Crippen LogP contribution in [0.25, 0.3) is 0 Å². The molecule has 4 aromatic rings. The molecule has 0 bridgehead atoms. The van der Waals surface area contributed by atoms with E-state index in [0.717, 1.165) is 43.9 Å². The average molecular weight is 497 g/mol. The minimum absolute atomic E-state index is 0.208. The fraction of sp³-hybridized carbons (Fsp3) is 0.241. The lowest BCUT2D eigenvalue weighted by molar-refractivity contribution is 0.100. The summed E-state index contributed by atoms with van der Waals surface area (Å²) in [5.41, 5.74) is 11.3. The average Bonchev–Trinajstić information content (AvgIpc) is 3.32. The largest absolute Gasteiger partial charge is 0.508 e. The second kappa shape index (κ2) is 11.2. The third-order valence-corrected chi connectivity index (χ3v) is 6.79. The fourth-order valence-corrected chi connectivity index (χ4v) is 4.73. The smallest absolute Gasteiger partial charge is 0.254 e. The van der Waals surface area contributed by atoms with Crippen molar-refractivity contribution in [1.82, 2.24) is 15.1 Å². The highest BCUT2D eigenvalue weighted by molar-refractivity contribution is 5.99. The topological polar surface area (TPSA) is 111 Å². The van der Waals surface area contributed by atoms with Crippen molar-refractivity contribution >= 4 is 17.4 Å². The highest BCUT2D eigenvalue weighted by Crippen LogP contribution is 2.23. The summed E-state index contributed by atoms with van der Waals surface area (Å²) in [6.45, 7) is 5.51. The number of amides is 1. The molecule has 3 aromatic carbocycles. The number of phenols is 1. The molecule has 1 fully saturated rings. The first kappa shape index (κ1) is 24.4. The number of hydrogen-bond donors (Lipinski definition) is 4. The van der Waals surface area contributed by atoms with Gasteiger partial charge in [-0.25, -0.2) is 0 Å². The standard InChI is InChI=1S/C29H32N6O2/c30-28(37)27-26(32-33-29(27)31-19-22-8-12-25(36)13-9-22)18-21-6-10-24(11-7-21)35-16-14-34(15-17-35)20-23-4-2-1-3-5-23/h1-13,36H,14-20H2,(H2,30,37)(H2,31,32,33). The van der Waals surface area contributed by atoms with Gasteiger partial charge in [-0.05, 0) is 41.0 Å². The Labute approximate surface area is 216 Å². The second-order valence-corrected chi connectivity index (χ2v) is 9.40. The molecule has 0 spiro atoms. The molecule has 8 nitrogen and oxygen atoms in total. The number of piperazine rings is 1. The molecule has 1 aliphatic rings. The van der Waals surface area contributed by atoms with Crippen LogP contribution in [0.5, 0.6) is 5.75 Å². The zero-order valence-corrected chi connectivity index (χ0v) is 20.7. The SMILES string of the molecule is NC(=O)c1c(NCc2ccc(O)cc2)n[nH]c1Cc1ccc(N2CCN(Cc3ccccc3)CC2)cc1. The van der Waals surface area contributed by atoms with Crippen LogP contribution in [-0.2, 0) is 19.5 Å². The van der Waals surface area contributed by atoms with Gasteiger partial charge in [-0.15, -0.1) is 0 Å². The van der Waals surface area contributed by atoms with Gasteiger partial charge >= 0.3 is 0 Å². The maximum Gasteiger partial charge on any atom is 0.254 e. The number of phenolic OH excluding ortho intramolecular Hbond substituents is 1. The molecule has 0 aliphatic carbocycles. The van der Waals surface area contributed by atoms with Gasteiger partial charge in [0.2, 0.25) is 0 Å². The van der Waals surface area contributed by atoms with E-state index < -0.39 is 5.91 Å². The van der Waals surface area contributed by atoms with Crippen LogP contribution in [0.4, 0.5) is 11.5 Å². The first-order chi connectivity index (χ1) is 18.0. The van der Waals surface area contributed by atoms with Crippen molar-refractivity contribution in [1.29, 1.82) is 0 Å². The van der Waals surface area contributed by atoms with E-state index in [1.165, 1.54) is 11.3 Å². The number of anilines is 2. The Bertz CT molecular complexity index is 1310. The molecule has 0 radical (unpaired) electrons. The van der Waals surface area contributed by atoms with Gasteiger partial charge in [0.25, 0.3) is 5.91 Å². The first-order valence-corrected chi connectivity index (χ1v) is 12.5. The molecule has 1 aromatic heterocycles. The number of rotatable bonds is 9. The van der Waals surface area contributed by atoms with Gasteiger partial charge in [0.1, 0.15) is 11.3 Å². The van der Waals surface area contributed by atoms with Crippen LogP contribution >= 0.6 is 0 Å². The minimum Gasteiger partial charge on any atom is -0.508 e. The van der Waals surface area contributed by atoms with Crippen LogP contribution in [0.1, 0.15) is 32.7 Å². The molecule has 5 rings (SSSR count). The Kier molecular flexibility index (Phi) is 7.37. The number of carbonyl (C=O) groups excluding carboxylic acids is 1. The summed E-state index contributed by atoms with van der Waals surface area (Å²) in [4.78, 5) is 17.1. The number of aromatic hydroxyl groups is 1. The van der Waals surface area contributed by atoms with Gasteiger partial charge in [0.05, 0.1) is 5.69 Å². The zero-order valence-electron chi connectivity index (χ0n) is 20.7. The van der Waals surface area contributed by atoms with Gasteiger partial charge in [0, 0.05) is 51.4 Å². The lowest BCUT2D eigenvalue weighted by Crippen LogP contribution is -2.45. The molecular formula is C29H32N6O2. The highest BCUT2D eigenvalue weighted by Gasteiger charge is 2.20. The van der Waals surface area contributed by atoms with Crippen molar-refractivity contribution in [3.05, 3.63) is 107 Å². The highest BCUT2D eigenvalue weighted by atomic mass is 16.3. The number of nitrogens with two attached hydrogens (primary N) is 1. The molecule has 0 atom stereocenters. The van der Waals surface area contributed by atoms with Crippen molar-refractivity contribution < 1.29 is 9.90 Å². The summed E-state index contributed by atoms with van der Waals surface area (Å²) in [7, 11) is 0. The van der Waals surface area contributed by atoms with Crippen molar-refractivity contribution in [2.75, 3.05) is 36.4 Å². The number of carbonyl (C=O) groups is 1. The van der Waals surface area contributed by atoms with Gasteiger partial charge in [-0.3, -0.25) is 14.8 Å². The molecular weight excluding hydrogens is 464 g/mol. The maximum atomic E-state index is 12.2. The number of primary amides is 1. The van der Waals surface area contributed by atoms with Crippen LogP contribution in [0.3, 0.4) is 0 Å². The van der Waals surface area contributed by atoms with E-state index in [1.54, 1.807) is 12.1 Å².